The lowest BCUT2D eigenvalue weighted by Crippen LogP contribution is -2.12. The number of anilines is 1. The van der Waals surface area contributed by atoms with Crippen LogP contribution in [0.3, 0.4) is 0 Å². The summed E-state index contributed by atoms with van der Waals surface area (Å²) in [6.45, 7) is 2.19. The first-order chi connectivity index (χ1) is 9.63. The molecule has 1 saturated carbocycles. The highest BCUT2D eigenvalue weighted by molar-refractivity contribution is 7.16. The summed E-state index contributed by atoms with van der Waals surface area (Å²) in [5.41, 5.74) is 4.41. The van der Waals surface area contributed by atoms with E-state index in [1.807, 2.05) is 11.3 Å². The molecule has 4 rings (SSSR count). The minimum Gasteiger partial charge on any atom is -0.339 e. The number of hydrogen-bond acceptors (Lipinski definition) is 2. The van der Waals surface area contributed by atoms with E-state index in [1.54, 1.807) is 0 Å². The molecule has 0 amide bonds. The third kappa shape index (κ3) is 1.87. The molecule has 3 heteroatoms. The number of rotatable bonds is 2. The second-order valence-electron chi connectivity index (χ2n) is 6.31. The fraction of sp³-hybridized carbons (Fsp3) is 0.471. The molecule has 1 aliphatic carbocycles. The van der Waals surface area contributed by atoms with E-state index in [0.29, 0.717) is 0 Å². The summed E-state index contributed by atoms with van der Waals surface area (Å²) in [6.07, 6.45) is 10.6. The molecule has 1 aromatic heterocycles. The van der Waals surface area contributed by atoms with Gasteiger partial charge in [0.05, 0.1) is 5.00 Å². The number of aryl methyl sites for hydroxylation is 1. The summed E-state index contributed by atoms with van der Waals surface area (Å²) in [4.78, 5) is 3.76. The highest BCUT2D eigenvalue weighted by Crippen LogP contribution is 2.42. The first-order valence-corrected chi connectivity index (χ1v) is 8.24. The van der Waals surface area contributed by atoms with Crippen LogP contribution in [-0.2, 0) is 6.42 Å². The highest BCUT2D eigenvalue weighted by Gasteiger charge is 2.52. The van der Waals surface area contributed by atoms with Crippen molar-refractivity contribution < 1.29 is 4.58 Å². The van der Waals surface area contributed by atoms with Crippen LogP contribution in [0.4, 0.5) is 5.00 Å². The Kier molecular flexibility index (Phi) is 2.68. The van der Waals surface area contributed by atoms with Crippen LogP contribution in [0.1, 0.15) is 23.3 Å². The van der Waals surface area contributed by atoms with Gasteiger partial charge in [-0.2, -0.15) is 0 Å². The summed E-state index contributed by atoms with van der Waals surface area (Å²) in [7, 11) is 4.43. The normalized spacial score (nSPS) is 29.8. The minimum absolute atomic E-state index is 0.853. The van der Waals surface area contributed by atoms with E-state index < -0.39 is 0 Å². The zero-order chi connectivity index (χ0) is 13.9. The fourth-order valence-electron chi connectivity index (χ4n) is 3.59. The van der Waals surface area contributed by atoms with Gasteiger partial charge in [-0.15, -0.1) is 11.3 Å². The van der Waals surface area contributed by atoms with Crippen LogP contribution in [0.15, 0.2) is 30.0 Å². The SMILES string of the molecule is Cc1cc2c(s1)N(C)C(=CC=CC1=[N+](C)C3CC3C1)C2. The highest BCUT2D eigenvalue weighted by atomic mass is 32.1. The molecule has 104 valence electrons. The predicted molar refractivity (Wildman–Crippen MR) is 86.1 cm³/mol. The molecule has 1 fully saturated rings. The number of nitrogens with zero attached hydrogens (tertiary/aromatic N) is 2. The van der Waals surface area contributed by atoms with E-state index in [0.717, 1.165) is 18.4 Å². The van der Waals surface area contributed by atoms with E-state index in [2.05, 4.69) is 54.8 Å². The summed E-state index contributed by atoms with van der Waals surface area (Å²) < 4.78 is 2.47. The molecule has 0 spiro atoms. The molecule has 0 radical (unpaired) electrons. The maximum absolute atomic E-state index is 2.47. The summed E-state index contributed by atoms with van der Waals surface area (Å²) in [6, 6.07) is 3.18. The number of allylic oxidation sites excluding steroid dienone is 4. The molecule has 0 saturated heterocycles. The maximum Gasteiger partial charge on any atom is 0.176 e. The average Bonchev–Trinajstić information content (AvgIpc) is 2.88. The summed E-state index contributed by atoms with van der Waals surface area (Å²) >= 11 is 1.90. The van der Waals surface area contributed by atoms with Crippen LogP contribution in [-0.4, -0.2) is 30.4 Å². The molecule has 2 aliphatic heterocycles. The van der Waals surface area contributed by atoms with Gasteiger partial charge < -0.3 is 4.90 Å². The van der Waals surface area contributed by atoms with Crippen molar-refractivity contribution >= 4 is 22.0 Å². The van der Waals surface area contributed by atoms with E-state index in [9.17, 15) is 0 Å². The molecule has 0 aromatic carbocycles. The fourth-order valence-corrected chi connectivity index (χ4v) is 4.61. The van der Waals surface area contributed by atoms with Crippen molar-refractivity contribution in [3.8, 4) is 0 Å². The zero-order valence-electron chi connectivity index (χ0n) is 12.4. The Labute approximate surface area is 124 Å². The smallest absolute Gasteiger partial charge is 0.176 e. The summed E-state index contributed by atoms with van der Waals surface area (Å²) in [5, 5.41) is 1.43. The van der Waals surface area contributed by atoms with Crippen LogP contribution < -0.4 is 4.90 Å². The maximum atomic E-state index is 2.47. The number of thiophene rings is 1. The van der Waals surface area contributed by atoms with Crippen molar-refractivity contribution in [3.05, 3.63) is 40.4 Å². The lowest BCUT2D eigenvalue weighted by atomic mass is 10.2. The molecule has 20 heavy (non-hydrogen) atoms. The predicted octanol–water partition coefficient (Wildman–Crippen LogP) is 3.36. The van der Waals surface area contributed by atoms with Crippen molar-refractivity contribution in [1.29, 1.82) is 0 Å². The molecule has 2 atom stereocenters. The monoisotopic (exact) mass is 285 g/mol. The lowest BCUT2D eigenvalue weighted by molar-refractivity contribution is -0.507. The molecule has 2 nitrogen and oxygen atoms in total. The molecule has 3 aliphatic rings. The Balaban J connectivity index is 1.50. The van der Waals surface area contributed by atoms with Crippen LogP contribution in [0.2, 0.25) is 0 Å². The Morgan fingerprint density at radius 3 is 3.00 bits per heavy atom. The van der Waals surface area contributed by atoms with Gasteiger partial charge in [0.15, 0.2) is 11.8 Å². The van der Waals surface area contributed by atoms with E-state index >= 15 is 0 Å². The molecular weight excluding hydrogens is 264 g/mol. The van der Waals surface area contributed by atoms with Crippen LogP contribution in [0, 0.1) is 12.8 Å². The molecule has 0 N–H and O–H groups in total. The number of hydrogen-bond donors (Lipinski definition) is 0. The zero-order valence-corrected chi connectivity index (χ0v) is 13.2. The molecule has 2 unspecified atom stereocenters. The van der Waals surface area contributed by atoms with E-state index in [1.165, 1.54) is 39.7 Å². The second kappa shape index (κ2) is 4.32. The lowest BCUT2D eigenvalue weighted by Gasteiger charge is -2.12. The first-order valence-electron chi connectivity index (χ1n) is 7.42. The van der Waals surface area contributed by atoms with Gasteiger partial charge in [0.25, 0.3) is 0 Å². The quantitative estimate of drug-likeness (QED) is 0.755. The largest absolute Gasteiger partial charge is 0.339 e. The minimum atomic E-state index is 0.853. The van der Waals surface area contributed by atoms with Crippen LogP contribution in [0.25, 0.3) is 0 Å². The van der Waals surface area contributed by atoms with E-state index in [4.69, 9.17) is 0 Å². The van der Waals surface area contributed by atoms with Gasteiger partial charge in [-0.25, -0.2) is 4.58 Å². The topological polar surface area (TPSA) is 6.25 Å². The molecule has 3 heterocycles. The van der Waals surface area contributed by atoms with Crippen LogP contribution >= 0.6 is 11.3 Å². The Morgan fingerprint density at radius 1 is 1.45 bits per heavy atom. The van der Waals surface area contributed by atoms with Crippen LogP contribution in [0.5, 0.6) is 0 Å². The van der Waals surface area contributed by atoms with Crippen molar-refractivity contribution in [3.63, 3.8) is 0 Å². The van der Waals surface area contributed by atoms with Crippen molar-refractivity contribution in [1.82, 2.24) is 0 Å². The van der Waals surface area contributed by atoms with Crippen molar-refractivity contribution in [2.24, 2.45) is 5.92 Å². The average molecular weight is 285 g/mol. The Hall–Kier alpha value is -1.35. The van der Waals surface area contributed by atoms with Gasteiger partial charge in [-0.05, 0) is 24.6 Å². The van der Waals surface area contributed by atoms with Crippen molar-refractivity contribution in [2.75, 3.05) is 19.0 Å². The number of likely N-dealkylation sites (N-methyl/N-ethyl adjacent to an activating group) is 1. The molecule has 0 bridgehead atoms. The standard InChI is InChI=1S/C17H21N2S/c1-11-7-13-9-15(19(3)17(13)20-11)6-4-5-14-8-12-10-16(12)18(14)2/h4-7,12,16H,8-10H2,1-3H3/q+1. The Morgan fingerprint density at radius 2 is 2.30 bits per heavy atom. The Bertz CT molecular complexity index is 663. The molecule has 1 aromatic rings. The summed E-state index contributed by atoms with van der Waals surface area (Å²) in [5.74, 6) is 0.955. The third-order valence-corrected chi connectivity index (χ3v) is 6.07. The van der Waals surface area contributed by atoms with Gasteiger partial charge in [0, 0.05) is 48.9 Å². The number of fused-ring (bicyclic) bond motifs is 2. The second-order valence-corrected chi connectivity index (χ2v) is 7.54. The van der Waals surface area contributed by atoms with Gasteiger partial charge >= 0.3 is 0 Å². The van der Waals surface area contributed by atoms with Gasteiger partial charge in [0.2, 0.25) is 0 Å². The van der Waals surface area contributed by atoms with Gasteiger partial charge in [-0.3, -0.25) is 0 Å². The van der Waals surface area contributed by atoms with E-state index in [-0.39, 0.29) is 0 Å². The van der Waals surface area contributed by atoms with Gasteiger partial charge in [-0.1, -0.05) is 6.08 Å². The first kappa shape index (κ1) is 12.4. The molecular formula is C17H21N2S+. The third-order valence-electron chi connectivity index (χ3n) is 4.90. The van der Waals surface area contributed by atoms with Gasteiger partial charge in [0.1, 0.15) is 7.05 Å². The van der Waals surface area contributed by atoms with Crippen molar-refractivity contribution in [2.45, 2.75) is 32.2 Å².